The van der Waals surface area contributed by atoms with E-state index in [4.69, 9.17) is 21.1 Å². The Bertz CT molecular complexity index is 788. The first-order valence-electron chi connectivity index (χ1n) is 10.0. The molecule has 0 bridgehead atoms. The molecule has 0 radical (unpaired) electrons. The van der Waals surface area contributed by atoms with Gasteiger partial charge in [-0.3, -0.25) is 4.99 Å². The van der Waals surface area contributed by atoms with E-state index in [0.29, 0.717) is 5.92 Å². The number of rotatable bonds is 5. The first-order chi connectivity index (χ1) is 13.6. The number of aliphatic imine (C=N–C) groups is 1. The summed E-state index contributed by atoms with van der Waals surface area (Å²) in [6.07, 6.45) is 6.22. The maximum atomic E-state index is 5.92. The van der Waals surface area contributed by atoms with Crippen LogP contribution >= 0.6 is 11.6 Å². The molecule has 1 aliphatic heterocycles. The lowest BCUT2D eigenvalue weighted by Crippen LogP contribution is -2.38. The Labute approximate surface area is 172 Å². The second-order valence-electron chi connectivity index (χ2n) is 7.76. The summed E-state index contributed by atoms with van der Waals surface area (Å²) >= 11 is 5.92. The van der Waals surface area contributed by atoms with Crippen LogP contribution < -0.4 is 4.90 Å². The minimum Gasteiger partial charge on any atom is -0.374 e. The molecule has 1 aliphatic carbocycles. The van der Waals surface area contributed by atoms with Crippen molar-refractivity contribution in [3.05, 3.63) is 59.1 Å². The van der Waals surface area contributed by atoms with Crippen molar-refractivity contribution >= 4 is 29.2 Å². The summed E-state index contributed by atoms with van der Waals surface area (Å²) in [4.78, 5) is 6.89. The largest absolute Gasteiger partial charge is 0.374 e. The lowest BCUT2D eigenvalue weighted by Gasteiger charge is -2.37. The predicted octanol–water partition coefficient (Wildman–Crippen LogP) is 5.46. The number of hydrogen-bond acceptors (Lipinski definition) is 4. The maximum Gasteiger partial charge on any atom is 0.168 e. The van der Waals surface area contributed by atoms with Crippen molar-refractivity contribution in [2.75, 3.05) is 31.7 Å². The van der Waals surface area contributed by atoms with Crippen molar-refractivity contribution in [3.8, 4) is 0 Å². The van der Waals surface area contributed by atoms with Gasteiger partial charge in [-0.2, -0.15) is 0 Å². The average Bonchev–Trinajstić information content (AvgIpc) is 3.18. The normalized spacial score (nSPS) is 19.5. The summed E-state index contributed by atoms with van der Waals surface area (Å²) < 4.78 is 11.7. The van der Waals surface area contributed by atoms with Gasteiger partial charge in [0.2, 0.25) is 0 Å². The van der Waals surface area contributed by atoms with Crippen LogP contribution in [0, 0.1) is 5.92 Å². The first kappa shape index (κ1) is 19.4. The highest BCUT2D eigenvalue weighted by Crippen LogP contribution is 2.38. The van der Waals surface area contributed by atoms with Crippen molar-refractivity contribution in [3.63, 3.8) is 0 Å². The van der Waals surface area contributed by atoms with Gasteiger partial charge >= 0.3 is 0 Å². The summed E-state index contributed by atoms with van der Waals surface area (Å²) in [6.45, 7) is 2.55. The van der Waals surface area contributed by atoms with Gasteiger partial charge in [0.25, 0.3) is 0 Å². The molecule has 2 aliphatic rings. The molecule has 0 N–H and O–H groups in total. The number of benzene rings is 2. The molecular formula is C23H27ClN2O2. The highest BCUT2D eigenvalue weighted by atomic mass is 35.5. The molecule has 0 atom stereocenters. The smallest absolute Gasteiger partial charge is 0.168 e. The summed E-state index contributed by atoms with van der Waals surface area (Å²) in [7, 11) is 2.17. The summed E-state index contributed by atoms with van der Waals surface area (Å²) in [6, 6.07) is 16.1. The lowest BCUT2D eigenvalue weighted by atomic mass is 9.85. The van der Waals surface area contributed by atoms with Crippen molar-refractivity contribution < 1.29 is 9.47 Å². The molecule has 5 heteroatoms. The van der Waals surface area contributed by atoms with Gasteiger partial charge in [0.15, 0.2) is 5.79 Å². The molecule has 1 saturated heterocycles. The monoisotopic (exact) mass is 398 g/mol. The van der Waals surface area contributed by atoms with Crippen LogP contribution in [0.25, 0.3) is 0 Å². The van der Waals surface area contributed by atoms with Gasteiger partial charge < -0.3 is 14.4 Å². The molecule has 1 saturated carbocycles. The quantitative estimate of drug-likeness (QED) is 0.627. The Morgan fingerprint density at radius 2 is 1.68 bits per heavy atom. The van der Waals surface area contributed by atoms with E-state index in [2.05, 4.69) is 41.2 Å². The number of halogens is 1. The fourth-order valence-corrected chi connectivity index (χ4v) is 4.20. The summed E-state index contributed by atoms with van der Waals surface area (Å²) in [5, 5.41) is 0.737. The van der Waals surface area contributed by atoms with Crippen molar-refractivity contribution in [1.82, 2.24) is 0 Å². The van der Waals surface area contributed by atoms with Gasteiger partial charge in [0.1, 0.15) is 0 Å². The average molecular weight is 399 g/mol. The van der Waals surface area contributed by atoms with E-state index >= 15 is 0 Å². The van der Waals surface area contributed by atoms with E-state index in [-0.39, 0.29) is 5.79 Å². The Morgan fingerprint density at radius 1 is 1.04 bits per heavy atom. The molecule has 148 valence electrons. The van der Waals surface area contributed by atoms with Crippen molar-refractivity contribution in [2.45, 2.75) is 31.5 Å². The van der Waals surface area contributed by atoms with Crippen LogP contribution in [-0.2, 0) is 9.47 Å². The molecule has 1 heterocycles. The summed E-state index contributed by atoms with van der Waals surface area (Å²) in [5.41, 5.74) is 3.21. The van der Waals surface area contributed by atoms with Crippen LogP contribution in [0.1, 0.15) is 31.2 Å². The molecule has 1 spiro atoms. The van der Waals surface area contributed by atoms with Gasteiger partial charge in [-0.15, -0.1) is 0 Å². The lowest BCUT2D eigenvalue weighted by molar-refractivity contribution is -0.182. The third-order valence-electron chi connectivity index (χ3n) is 5.74. The minimum atomic E-state index is -0.265. The summed E-state index contributed by atoms with van der Waals surface area (Å²) in [5.74, 6) is 0.421. The van der Waals surface area contributed by atoms with E-state index in [0.717, 1.165) is 61.7 Å². The van der Waals surface area contributed by atoms with Gasteiger partial charge in [-0.1, -0.05) is 23.7 Å². The maximum absolute atomic E-state index is 5.92. The van der Waals surface area contributed by atoms with Gasteiger partial charge in [-0.25, -0.2) is 0 Å². The Hall–Kier alpha value is -1.88. The number of ether oxygens (including phenoxy) is 2. The molecule has 2 fully saturated rings. The SMILES string of the molecule is CN(CC1CCC2(CC1)OCCO2)c1ccc(N=Cc2ccc(Cl)cc2)cc1. The standard InChI is InChI=1S/C23H27ClN2O2/c1-26(17-19-10-12-23(13-11-19)27-14-15-28-23)22-8-6-21(7-9-22)25-16-18-2-4-20(24)5-3-18/h2-9,16,19H,10-15,17H2,1H3. The van der Waals surface area contributed by atoms with E-state index in [1.54, 1.807) is 0 Å². The predicted molar refractivity (Wildman–Crippen MR) is 115 cm³/mol. The first-order valence-corrected chi connectivity index (χ1v) is 10.4. The van der Waals surface area contributed by atoms with E-state index < -0.39 is 0 Å². The van der Waals surface area contributed by atoms with Crippen LogP contribution in [0.2, 0.25) is 5.02 Å². The fraction of sp³-hybridized carbons (Fsp3) is 0.435. The second-order valence-corrected chi connectivity index (χ2v) is 8.19. The molecule has 2 aromatic carbocycles. The highest BCUT2D eigenvalue weighted by molar-refractivity contribution is 6.30. The number of anilines is 1. The Balaban J connectivity index is 1.30. The van der Waals surface area contributed by atoms with E-state index in [1.807, 2.05) is 30.5 Å². The Kier molecular flexibility index (Phi) is 6.00. The fourth-order valence-electron chi connectivity index (χ4n) is 4.07. The van der Waals surface area contributed by atoms with Gasteiger partial charge in [0.05, 0.1) is 18.9 Å². The molecule has 28 heavy (non-hydrogen) atoms. The molecule has 0 aromatic heterocycles. The number of hydrogen-bond donors (Lipinski definition) is 0. The zero-order valence-electron chi connectivity index (χ0n) is 16.3. The third-order valence-corrected chi connectivity index (χ3v) is 5.99. The van der Waals surface area contributed by atoms with Crippen LogP contribution in [0.3, 0.4) is 0 Å². The van der Waals surface area contributed by atoms with Crippen molar-refractivity contribution in [1.29, 1.82) is 0 Å². The van der Waals surface area contributed by atoms with Crippen LogP contribution in [0.5, 0.6) is 0 Å². The Morgan fingerprint density at radius 3 is 2.32 bits per heavy atom. The molecule has 0 unspecified atom stereocenters. The minimum absolute atomic E-state index is 0.265. The topological polar surface area (TPSA) is 34.1 Å². The molecular weight excluding hydrogens is 372 g/mol. The third kappa shape index (κ3) is 4.75. The number of nitrogens with zero attached hydrogens (tertiary/aromatic N) is 2. The van der Waals surface area contributed by atoms with Crippen LogP contribution in [0.4, 0.5) is 11.4 Å². The molecule has 2 aromatic rings. The zero-order chi connectivity index (χ0) is 19.4. The van der Waals surface area contributed by atoms with Crippen LogP contribution in [-0.4, -0.2) is 38.8 Å². The van der Waals surface area contributed by atoms with Crippen molar-refractivity contribution in [2.24, 2.45) is 10.9 Å². The van der Waals surface area contributed by atoms with E-state index in [9.17, 15) is 0 Å². The van der Waals surface area contributed by atoms with Crippen LogP contribution in [0.15, 0.2) is 53.5 Å². The molecule has 4 nitrogen and oxygen atoms in total. The van der Waals surface area contributed by atoms with Gasteiger partial charge in [0, 0.05) is 43.4 Å². The van der Waals surface area contributed by atoms with Gasteiger partial charge in [-0.05, 0) is 60.7 Å². The zero-order valence-corrected chi connectivity index (χ0v) is 17.1. The van der Waals surface area contributed by atoms with E-state index in [1.165, 1.54) is 5.69 Å². The second kappa shape index (κ2) is 8.64. The molecule has 4 rings (SSSR count). The molecule has 0 amide bonds. The highest BCUT2D eigenvalue weighted by Gasteiger charge is 2.40.